The molecular formula is C75H70N4O8Zn2. The van der Waals surface area contributed by atoms with E-state index in [-0.39, 0.29) is 71.1 Å². The zero-order valence-electron chi connectivity index (χ0n) is 48.1. The van der Waals surface area contributed by atoms with Crippen molar-refractivity contribution in [1.29, 1.82) is 0 Å². The maximum absolute atomic E-state index is 10.4. The molecule has 0 unspecified atom stereocenters. The predicted octanol–water partition coefficient (Wildman–Crippen LogP) is 18.1. The number of carboxylic acid groups (broad SMARTS) is 2. The topological polar surface area (TPSA) is 229 Å². The van der Waals surface area contributed by atoms with E-state index in [9.17, 15) is 15.0 Å². The van der Waals surface area contributed by atoms with Gasteiger partial charge in [-0.25, -0.2) is 0 Å². The Labute approximate surface area is 546 Å². The minimum atomic E-state index is -0.833. The van der Waals surface area contributed by atoms with Crippen LogP contribution in [0.4, 0.5) is 22.7 Å². The summed E-state index contributed by atoms with van der Waals surface area (Å²) in [6.07, 6.45) is 3.99. The largest absolute Gasteiger partial charge is 0.507 e. The number of hydrogen-bond acceptors (Lipinski definition) is 10. The molecule has 89 heavy (non-hydrogen) atoms. The summed E-state index contributed by atoms with van der Waals surface area (Å²) in [6, 6.07) is 86.2. The summed E-state index contributed by atoms with van der Waals surface area (Å²) >= 11 is 0. The summed E-state index contributed by atoms with van der Waals surface area (Å²) in [5.74, 6) is -1.29. The first-order chi connectivity index (χ1) is 41.2. The van der Waals surface area contributed by atoms with Gasteiger partial charge < -0.3 is 37.0 Å². The molecule has 9 N–H and O–H groups in total. The van der Waals surface area contributed by atoms with Crippen LogP contribution in [0.3, 0.4) is 0 Å². The molecule has 0 radical (unpaired) electrons. The second kappa shape index (κ2) is 37.2. The number of aliphatic imine (C=N–C) groups is 2. The molecule has 0 bridgehead atoms. The molecule has 0 aliphatic carbocycles. The van der Waals surface area contributed by atoms with E-state index in [1.807, 2.05) is 121 Å². The number of carbonyl (C=O) groups is 3. The number of nitrogens with two attached hydrogens (primary N) is 2. The average molecular weight is 1290 g/mol. The van der Waals surface area contributed by atoms with E-state index < -0.39 is 11.9 Å². The molecule has 14 heteroatoms. The Balaban J connectivity index is 0.000000374. The van der Waals surface area contributed by atoms with Crippen LogP contribution >= 0.6 is 0 Å². The second-order valence-corrected chi connectivity index (χ2v) is 18.9. The van der Waals surface area contributed by atoms with Crippen molar-refractivity contribution in [3.63, 3.8) is 0 Å². The number of nitrogen functional groups attached to an aromatic ring is 2. The third kappa shape index (κ3) is 21.8. The summed E-state index contributed by atoms with van der Waals surface area (Å²) in [4.78, 5) is 37.8. The van der Waals surface area contributed by atoms with Crippen LogP contribution in [-0.4, -0.2) is 56.2 Å². The number of aliphatic carboxylic acids is 2. The minimum Gasteiger partial charge on any atom is -0.507 e. The monoisotopic (exact) mass is 1280 g/mol. The van der Waals surface area contributed by atoms with Gasteiger partial charge in [0.2, 0.25) is 0 Å². The fourth-order valence-electron chi connectivity index (χ4n) is 8.65. The summed E-state index contributed by atoms with van der Waals surface area (Å²) in [7, 11) is 0. The first-order valence-corrected chi connectivity index (χ1v) is 26.7. The molecule has 0 fully saturated rings. The SMILES string of the molecule is C.C.CC(=O)O.CC(=O)O.Nc1cc(-c2ccccc2)ccc1-c1ccc(-c2ccccc2)cc1N.O=Cc1ccccc1O.Oc1ccccc1C=Nc1cc(-c2ccccc2)ccc1-c1ccc(-c2ccccc2)cc1N=Cc1ccccc1O.[Zn].[Zn]. The van der Waals surface area contributed by atoms with E-state index in [2.05, 4.69) is 97.1 Å². The van der Waals surface area contributed by atoms with E-state index in [1.165, 1.54) is 6.07 Å². The molecule has 442 valence electrons. The quantitative estimate of drug-likeness (QED) is 0.0280. The number of para-hydroxylation sites is 3. The Morgan fingerprint density at radius 2 is 0.573 bits per heavy atom. The Hall–Kier alpha value is -10.4. The van der Waals surface area contributed by atoms with Crippen LogP contribution in [-0.2, 0) is 48.5 Å². The van der Waals surface area contributed by atoms with Crippen molar-refractivity contribution in [2.45, 2.75) is 28.7 Å². The fraction of sp³-hybridized carbons (Fsp3) is 0.0533. The number of nitrogens with zero attached hydrogens (tertiary/aromatic N) is 2. The normalized spacial score (nSPS) is 9.91. The van der Waals surface area contributed by atoms with Crippen LogP contribution < -0.4 is 11.5 Å². The second-order valence-electron chi connectivity index (χ2n) is 18.9. The van der Waals surface area contributed by atoms with Crippen molar-refractivity contribution < 1.29 is 78.9 Å². The zero-order valence-corrected chi connectivity index (χ0v) is 54.0. The van der Waals surface area contributed by atoms with E-state index in [0.29, 0.717) is 23.0 Å². The first kappa shape index (κ1) is 72.9. The smallest absolute Gasteiger partial charge is 0.300 e. The summed E-state index contributed by atoms with van der Waals surface area (Å²) in [6.45, 7) is 2.17. The number of rotatable bonds is 11. The van der Waals surface area contributed by atoms with Crippen LogP contribution in [0.5, 0.6) is 17.2 Å². The van der Waals surface area contributed by atoms with Gasteiger partial charge in [-0.2, -0.15) is 0 Å². The maximum Gasteiger partial charge on any atom is 0.300 e. The fourth-order valence-corrected chi connectivity index (χ4v) is 8.65. The number of aromatic hydroxyl groups is 3. The Morgan fingerprint density at radius 3 is 0.820 bits per heavy atom. The molecule has 0 amide bonds. The molecule has 12 nitrogen and oxygen atoms in total. The number of aldehydes is 1. The Kier molecular flexibility index (Phi) is 30.5. The van der Waals surface area contributed by atoms with Crippen molar-refractivity contribution in [3.05, 3.63) is 284 Å². The van der Waals surface area contributed by atoms with Crippen LogP contribution in [0.25, 0.3) is 66.8 Å². The van der Waals surface area contributed by atoms with Crippen molar-refractivity contribution in [2.24, 2.45) is 9.98 Å². The molecule has 0 aliphatic rings. The van der Waals surface area contributed by atoms with Crippen molar-refractivity contribution in [1.82, 2.24) is 0 Å². The molecule has 0 saturated carbocycles. The standard InChI is InChI=1S/C38H28N2O2.C24H20N2.C7H6O2.2C2H4O2.2CH4.2Zn/c41-37-17-9-7-15-31(37)25-39-35-23-29(27-11-3-1-4-12-27)19-21-33(35)34-22-20-30(28-13-5-2-6-14-28)24-36(34)40-26-32-16-8-10-18-38(32)42;25-23-15-19(17-7-3-1-4-8-17)11-13-21(23)22-14-12-20(16-24(22)26)18-9-5-2-6-10-18;8-5-6-3-1-2-4-7(6)9;2*1-2(3)4;;;;/h1-26,41-42H;1-16H,25-26H2;1-5,9H;2*1H3,(H,3,4);2*1H4;;. The molecule has 0 heterocycles. The van der Waals surface area contributed by atoms with Crippen LogP contribution in [0.2, 0.25) is 0 Å². The van der Waals surface area contributed by atoms with Crippen molar-refractivity contribution in [3.8, 4) is 84.0 Å². The molecule has 0 aliphatic heterocycles. The van der Waals surface area contributed by atoms with Gasteiger partial charge in [0.25, 0.3) is 11.9 Å². The van der Waals surface area contributed by atoms with Crippen molar-refractivity contribution >= 4 is 53.4 Å². The van der Waals surface area contributed by atoms with Gasteiger partial charge in [-0.15, -0.1) is 0 Å². The summed E-state index contributed by atoms with van der Waals surface area (Å²) < 4.78 is 0. The molecule has 0 saturated heterocycles. The molecule has 0 spiro atoms. The Bertz CT molecular complexity index is 3830. The average Bonchev–Trinajstić information content (AvgIpc) is 1.07. The van der Waals surface area contributed by atoms with Crippen LogP contribution in [0, 0.1) is 0 Å². The van der Waals surface area contributed by atoms with Crippen LogP contribution in [0.1, 0.15) is 50.2 Å². The van der Waals surface area contributed by atoms with Gasteiger partial charge in [0.1, 0.15) is 17.2 Å². The van der Waals surface area contributed by atoms with Gasteiger partial charge in [-0.05, 0) is 105 Å². The molecule has 11 rings (SSSR count). The molecule has 0 atom stereocenters. The molecular weight excluding hydrogens is 1220 g/mol. The summed E-state index contributed by atoms with van der Waals surface area (Å²) in [5.41, 5.74) is 29.7. The third-order valence-electron chi connectivity index (χ3n) is 12.7. The van der Waals surface area contributed by atoms with E-state index in [1.54, 1.807) is 54.9 Å². The predicted molar refractivity (Wildman–Crippen MR) is 359 cm³/mol. The number of phenolic OH excluding ortho intramolecular Hbond substituents is 3. The van der Waals surface area contributed by atoms with Gasteiger partial charge >= 0.3 is 0 Å². The van der Waals surface area contributed by atoms with E-state index in [0.717, 1.165) is 103 Å². The third-order valence-corrected chi connectivity index (χ3v) is 12.7. The molecule has 11 aromatic carbocycles. The van der Waals surface area contributed by atoms with E-state index >= 15 is 0 Å². The first-order valence-electron chi connectivity index (χ1n) is 26.7. The van der Waals surface area contributed by atoms with Gasteiger partial charge in [0, 0.05) is 110 Å². The Morgan fingerprint density at radius 1 is 0.337 bits per heavy atom. The number of anilines is 2. The van der Waals surface area contributed by atoms with Crippen LogP contribution in [0.15, 0.2) is 277 Å². The number of carbonyl (C=O) groups excluding carboxylic acids is 1. The van der Waals surface area contributed by atoms with Gasteiger partial charge in [0.05, 0.1) is 16.9 Å². The molecule has 11 aromatic rings. The van der Waals surface area contributed by atoms with Gasteiger partial charge in [-0.3, -0.25) is 24.4 Å². The number of hydrogen-bond donors (Lipinski definition) is 7. The number of carboxylic acids is 2. The molecule has 0 aromatic heterocycles. The van der Waals surface area contributed by atoms with Gasteiger partial charge in [0.15, 0.2) is 6.29 Å². The number of benzene rings is 11. The zero-order chi connectivity index (χ0) is 60.5. The maximum atomic E-state index is 10.4. The van der Waals surface area contributed by atoms with Crippen molar-refractivity contribution in [2.75, 3.05) is 11.5 Å². The van der Waals surface area contributed by atoms with E-state index in [4.69, 9.17) is 46.4 Å². The van der Waals surface area contributed by atoms with Gasteiger partial charge in [-0.1, -0.05) is 221 Å². The number of phenols is 3. The summed E-state index contributed by atoms with van der Waals surface area (Å²) in [5, 5.41) is 44.4. The minimum absolute atomic E-state index is 0.